The Labute approximate surface area is 741 Å². The Bertz CT molecular complexity index is 4250. The van der Waals surface area contributed by atoms with Gasteiger partial charge in [0.2, 0.25) is 0 Å². The van der Waals surface area contributed by atoms with Gasteiger partial charge in [0.1, 0.15) is 151 Å². The van der Waals surface area contributed by atoms with E-state index in [0.29, 0.717) is 55.8 Å². The predicted octanol–water partition coefficient (Wildman–Crippen LogP) is -28.7. The minimum absolute atomic E-state index is 0. The minimum atomic E-state index is -5.97. The Hall–Kier alpha value is -3.64. The number of hydrogen-bond donors (Lipinski definition) is 20. The van der Waals surface area contributed by atoms with Crippen molar-refractivity contribution < 1.29 is 295 Å². The van der Waals surface area contributed by atoms with Crippen LogP contribution in [0, 0.1) is 0 Å². The van der Waals surface area contributed by atoms with Crippen molar-refractivity contribution in [3.8, 4) is 0 Å². The number of ether oxygens (including phenoxy) is 5. The van der Waals surface area contributed by atoms with Crippen molar-refractivity contribution in [1.29, 1.82) is 0 Å². The van der Waals surface area contributed by atoms with Crippen molar-refractivity contribution in [1.82, 2.24) is 97.6 Å². The Morgan fingerprint density at radius 1 is 0.301 bits per heavy atom. The molecule has 5 saturated heterocycles. The van der Waals surface area contributed by atoms with Crippen LogP contribution in [0.25, 0.3) is 55.8 Å². The summed E-state index contributed by atoms with van der Waals surface area (Å²) in [5.74, 6) is 1.09. The molecule has 0 spiro atoms. The summed E-state index contributed by atoms with van der Waals surface area (Å²) in [4.78, 5) is 108. The van der Waals surface area contributed by atoms with E-state index in [-0.39, 0.29) is 177 Å². The first-order valence-electron chi connectivity index (χ1n) is 30.6. The Morgan fingerprint density at radius 2 is 0.460 bits per heavy atom. The van der Waals surface area contributed by atoms with E-state index in [1.54, 1.807) is 0 Å². The third kappa shape index (κ3) is 22.5. The van der Waals surface area contributed by atoms with Gasteiger partial charge < -0.3 is 163 Å². The molecule has 0 amide bonds. The number of nitrogens with zero attached hydrogens (tertiary/aromatic N) is 20. The summed E-state index contributed by atoms with van der Waals surface area (Å²) in [7, 11) is -17.9. The molecule has 0 radical (unpaired) electrons. The largest absolute Gasteiger partial charge is 1.00 e. The molecule has 590 valence electrons. The quantitative estimate of drug-likeness (QED) is 0.0355. The van der Waals surface area contributed by atoms with Crippen LogP contribution in [0.15, 0.2) is 63.3 Å². The van der Waals surface area contributed by atoms with Crippen LogP contribution in [0.1, 0.15) is 31.1 Å². The molecule has 20 atom stereocenters. The van der Waals surface area contributed by atoms with Gasteiger partial charge in [-0.1, -0.05) is 0 Å². The summed E-state index contributed by atoms with van der Waals surface area (Å²) < 4.78 is 68.9. The molecule has 113 heavy (non-hydrogen) atoms. The summed E-state index contributed by atoms with van der Waals surface area (Å²) in [6, 6.07) is 0. The Balaban J connectivity index is 0.000000241. The standard InChI is InChI=1S/5C10H13N5O4.5Na.H5O10P3/c5*11-8-5-9(13-2-12-8)15(3-14-5)10-7(18)6(17)4(1-16)19-10;;;;;;1-11(2,3)9-13(7,8)10-12(4,5)6/h5*2-4,6-7,10,16-18H,1H2,(H2,11,12,13);;;;;;(H,7,8)(H2,1,2,3)(H2,4,5,6)/q;;;;;5*+1;/p-5/t5*4-,6-,7-,10-;;;;;;/m11111....../s1. The van der Waals surface area contributed by atoms with Gasteiger partial charge in [0.15, 0.2) is 88.5 Å². The molecule has 5 aliphatic heterocycles. The maximum atomic E-state index is 10.1. The van der Waals surface area contributed by atoms with E-state index in [1.807, 2.05) is 0 Å². The first kappa shape index (κ1) is 99.9. The van der Waals surface area contributed by atoms with Gasteiger partial charge in [-0.05, 0) is 0 Å². The van der Waals surface area contributed by atoms with Gasteiger partial charge in [0.05, 0.1) is 80.3 Å². The van der Waals surface area contributed by atoms with Crippen molar-refractivity contribution in [2.45, 2.75) is 123 Å². The molecule has 5 fully saturated rings. The molecule has 10 aromatic heterocycles. The van der Waals surface area contributed by atoms with Gasteiger partial charge in [0, 0.05) is 0 Å². The fourth-order valence-electron chi connectivity index (χ4n) is 11.1. The molecule has 55 nitrogen and oxygen atoms in total. The number of rotatable bonds is 14. The number of hydrogen-bond acceptors (Lipinski definition) is 50. The van der Waals surface area contributed by atoms with Gasteiger partial charge in [-0.25, -0.2) is 74.8 Å². The third-order valence-corrected chi connectivity index (χ3v) is 19.5. The van der Waals surface area contributed by atoms with E-state index in [1.165, 1.54) is 86.1 Å². The molecule has 15 heterocycles. The van der Waals surface area contributed by atoms with Crippen molar-refractivity contribution in [2.75, 3.05) is 61.7 Å². The van der Waals surface area contributed by atoms with E-state index in [2.05, 4.69) is 83.4 Å². The number of aromatic nitrogens is 20. The minimum Gasteiger partial charge on any atom is -0.790 e. The fourth-order valence-corrected chi connectivity index (χ4v) is 13.4. The number of anilines is 5. The smallest absolute Gasteiger partial charge is 0.790 e. The SMILES string of the molecule is Nc1ncnc2c1ncn2[C@@H]1O[C@H](CO)[C@@H](O)[C@H]1O.Nc1ncnc2c1ncn2[C@@H]1O[C@H](CO)[C@@H](O)[C@H]1O.Nc1ncnc2c1ncn2[C@@H]1O[C@H](CO)[C@@H](O)[C@H]1O.Nc1ncnc2c1ncn2[C@@H]1O[C@H](CO)[C@@H](O)[C@H]1O.Nc1ncnc2c1ncn2[C@@H]1O[C@H](CO)[C@@H](O)[C@H]1O.O=P([O-])([O-])OP(=O)([O-])OP(=O)([O-])[O-].[Na+].[Na+].[Na+].[Na+].[Na+]. The molecule has 0 unspecified atom stereocenters. The number of imidazole rings is 5. The molecule has 0 saturated carbocycles. The summed E-state index contributed by atoms with van der Waals surface area (Å²) in [5, 5.41) is 144. The maximum Gasteiger partial charge on any atom is 1.00 e. The number of nitrogens with two attached hydrogens (primary N) is 5. The number of fused-ring (bicyclic) bond motifs is 5. The van der Waals surface area contributed by atoms with E-state index in [0.717, 1.165) is 0 Å². The Morgan fingerprint density at radius 3 is 0.593 bits per heavy atom. The van der Waals surface area contributed by atoms with Crippen LogP contribution >= 0.6 is 23.5 Å². The molecular formula is C50H65N25Na5O30P3. The van der Waals surface area contributed by atoms with E-state index in [4.69, 9.17) is 77.9 Å². The average Bonchev–Trinajstić information content (AvgIpc) is 1.65. The number of aliphatic hydroxyl groups is 15. The van der Waals surface area contributed by atoms with Crippen LogP contribution < -0.4 is 201 Å². The summed E-state index contributed by atoms with van der Waals surface area (Å²) in [6.45, 7) is -1.95. The normalized spacial score (nSPS) is 27.8. The summed E-state index contributed by atoms with van der Waals surface area (Å²) >= 11 is 0. The van der Waals surface area contributed by atoms with Crippen molar-refractivity contribution in [3.05, 3.63) is 63.3 Å². The van der Waals surface area contributed by atoms with Crippen LogP contribution in [0.2, 0.25) is 0 Å². The van der Waals surface area contributed by atoms with Gasteiger partial charge in [-0.3, -0.25) is 36.0 Å². The molecule has 0 aliphatic carbocycles. The zero-order valence-corrected chi connectivity index (χ0v) is 72.0. The molecule has 0 bridgehead atoms. The summed E-state index contributed by atoms with van der Waals surface area (Å²) in [6.07, 6.45) is -7.11. The molecule has 63 heteroatoms. The maximum absolute atomic E-state index is 10.1. The van der Waals surface area contributed by atoms with Crippen molar-refractivity contribution in [3.63, 3.8) is 0 Å². The van der Waals surface area contributed by atoms with E-state index in [9.17, 15) is 89.2 Å². The topological polar surface area (TPSA) is 883 Å². The van der Waals surface area contributed by atoms with Crippen molar-refractivity contribution >= 4 is 108 Å². The fraction of sp³-hybridized carbons (Fsp3) is 0.500. The molecule has 0 aromatic carbocycles. The van der Waals surface area contributed by atoms with Crippen LogP contribution in [-0.4, -0.2) is 299 Å². The number of nitrogen functional groups attached to an aromatic ring is 5. The van der Waals surface area contributed by atoms with Crippen molar-refractivity contribution in [2.24, 2.45) is 0 Å². The van der Waals surface area contributed by atoms with Gasteiger partial charge in [0.25, 0.3) is 7.82 Å². The zero-order valence-electron chi connectivity index (χ0n) is 59.4. The van der Waals surface area contributed by atoms with Crippen LogP contribution in [0.3, 0.4) is 0 Å². The van der Waals surface area contributed by atoms with Gasteiger partial charge >= 0.3 is 148 Å². The molecule has 10 aromatic rings. The first-order valence-corrected chi connectivity index (χ1v) is 35.0. The molecular weight excluding hydrogens is 1640 g/mol. The van der Waals surface area contributed by atoms with Crippen LogP contribution in [0.5, 0.6) is 0 Å². The number of aliphatic hydroxyl groups excluding tert-OH is 15. The van der Waals surface area contributed by atoms with Crippen LogP contribution in [-0.2, 0) is 46.0 Å². The Kier molecular flexibility index (Phi) is 37.6. The van der Waals surface area contributed by atoms with Crippen LogP contribution in [0.4, 0.5) is 29.1 Å². The zero-order chi connectivity index (χ0) is 78.8. The molecule has 15 rings (SSSR count). The molecule has 5 aliphatic rings. The first-order chi connectivity index (χ1) is 51.1. The average molecular weight is 1700 g/mol. The second kappa shape index (κ2) is 42.5. The number of phosphoric acid groups is 3. The predicted molar refractivity (Wildman–Crippen MR) is 339 cm³/mol. The monoisotopic (exact) mass is 1700 g/mol. The second-order valence-corrected chi connectivity index (χ2v) is 27.1. The summed E-state index contributed by atoms with van der Waals surface area (Å²) in [5.41, 5.74) is 32.2. The third-order valence-electron chi connectivity index (χ3n) is 16.3. The van der Waals surface area contributed by atoms with Gasteiger partial charge in [-0.15, -0.1) is 0 Å². The van der Waals surface area contributed by atoms with E-state index < -0.39 is 179 Å². The second-order valence-electron chi connectivity index (χ2n) is 23.1. The van der Waals surface area contributed by atoms with Gasteiger partial charge in [-0.2, -0.15) is 0 Å². The molecule has 25 N–H and O–H groups in total. The van der Waals surface area contributed by atoms with E-state index >= 15 is 0 Å².